The highest BCUT2D eigenvalue weighted by atomic mass is 16.6. The average molecular weight is 488 g/mol. The van der Waals surface area contributed by atoms with Gasteiger partial charge in [0.25, 0.3) is 0 Å². The maximum Gasteiger partial charge on any atom is 0.415 e. The van der Waals surface area contributed by atoms with E-state index in [0.717, 1.165) is 31.6 Å². The lowest BCUT2D eigenvalue weighted by atomic mass is 10.0. The van der Waals surface area contributed by atoms with E-state index >= 15 is 0 Å². The molecule has 2 aliphatic rings. The van der Waals surface area contributed by atoms with Gasteiger partial charge < -0.3 is 34.1 Å². The standard InChI is InChI=1S/C24H33N5O6/c1-23(2,3)35-22(30)26(5)17-10-12-27(13-11-17)18-6-8-19(9-7-18)33-16-24(4)15-28-14-20(29(31)32)25-21(28)34-24/h6-9,14,17H,10-13,15-16H2,1-5H3/t24-/m1/s1. The SMILES string of the molecule is CN(C(=O)OC(C)(C)C)C1CCN(c2ccc(OC[C@@]3(C)Cn4cc([N+](=O)[O-])nc4O3)cc2)CC1. The maximum absolute atomic E-state index is 12.4. The topological polar surface area (TPSA) is 112 Å². The second-order valence-electron chi connectivity index (χ2n) is 10.4. The fourth-order valence-corrected chi connectivity index (χ4v) is 4.34. The van der Waals surface area contributed by atoms with Gasteiger partial charge in [0, 0.05) is 36.9 Å². The summed E-state index contributed by atoms with van der Waals surface area (Å²) < 4.78 is 18.9. The van der Waals surface area contributed by atoms with Crippen LogP contribution in [-0.2, 0) is 11.3 Å². The first kappa shape index (κ1) is 24.6. The van der Waals surface area contributed by atoms with Crippen LogP contribution in [0.5, 0.6) is 11.8 Å². The number of fused-ring (bicyclic) bond motifs is 1. The minimum Gasteiger partial charge on any atom is -0.489 e. The van der Waals surface area contributed by atoms with Crippen molar-refractivity contribution in [1.82, 2.24) is 14.5 Å². The van der Waals surface area contributed by atoms with Crippen molar-refractivity contribution in [3.05, 3.63) is 40.6 Å². The lowest BCUT2D eigenvalue weighted by molar-refractivity contribution is -0.389. The van der Waals surface area contributed by atoms with Crippen LogP contribution in [-0.4, -0.2) is 69.5 Å². The van der Waals surface area contributed by atoms with E-state index < -0.39 is 16.1 Å². The van der Waals surface area contributed by atoms with Gasteiger partial charge in [-0.25, -0.2) is 4.79 Å². The van der Waals surface area contributed by atoms with E-state index in [9.17, 15) is 14.9 Å². The number of hydrogen-bond acceptors (Lipinski definition) is 8. The van der Waals surface area contributed by atoms with E-state index in [-0.39, 0.29) is 30.6 Å². The largest absolute Gasteiger partial charge is 0.489 e. The molecule has 11 heteroatoms. The van der Waals surface area contributed by atoms with E-state index in [2.05, 4.69) is 9.88 Å². The molecule has 0 saturated carbocycles. The Morgan fingerprint density at radius 2 is 1.94 bits per heavy atom. The van der Waals surface area contributed by atoms with Crippen molar-refractivity contribution in [2.24, 2.45) is 0 Å². The molecule has 11 nitrogen and oxygen atoms in total. The molecule has 2 aromatic rings. The lowest BCUT2D eigenvalue weighted by Gasteiger charge is -2.38. The third-order valence-corrected chi connectivity index (χ3v) is 6.20. The molecule has 0 bridgehead atoms. The fraction of sp³-hybridized carbons (Fsp3) is 0.583. The molecular weight excluding hydrogens is 454 g/mol. The molecule has 1 saturated heterocycles. The van der Waals surface area contributed by atoms with Crippen LogP contribution in [0, 0.1) is 10.1 Å². The van der Waals surface area contributed by atoms with Crippen molar-refractivity contribution in [3.63, 3.8) is 0 Å². The summed E-state index contributed by atoms with van der Waals surface area (Å²) in [5, 5.41) is 10.9. The van der Waals surface area contributed by atoms with Crippen LogP contribution in [0.1, 0.15) is 40.5 Å². The highest BCUT2D eigenvalue weighted by Gasteiger charge is 2.41. The van der Waals surface area contributed by atoms with Crippen molar-refractivity contribution >= 4 is 17.6 Å². The molecule has 0 radical (unpaired) electrons. The second kappa shape index (κ2) is 9.27. The van der Waals surface area contributed by atoms with Gasteiger partial charge >= 0.3 is 17.9 Å². The Bertz CT molecular complexity index is 1050. The number of aromatic nitrogens is 2. The van der Waals surface area contributed by atoms with E-state index in [1.165, 1.54) is 6.20 Å². The molecule has 1 aromatic carbocycles. The molecule has 0 spiro atoms. The summed E-state index contributed by atoms with van der Waals surface area (Å²) in [6.45, 7) is 9.92. The number of carbonyl (C=O) groups is 1. The van der Waals surface area contributed by atoms with Gasteiger partial charge in [-0.15, -0.1) is 0 Å². The Labute approximate surface area is 204 Å². The number of nitro groups is 1. The summed E-state index contributed by atoms with van der Waals surface area (Å²) >= 11 is 0. The molecule has 4 rings (SSSR count). The first-order chi connectivity index (χ1) is 16.4. The predicted octanol–water partition coefficient (Wildman–Crippen LogP) is 3.86. The Morgan fingerprint density at radius 3 is 2.51 bits per heavy atom. The molecule has 1 aromatic heterocycles. The zero-order valence-electron chi connectivity index (χ0n) is 20.9. The molecule has 0 unspecified atom stereocenters. The van der Waals surface area contributed by atoms with Crippen LogP contribution >= 0.6 is 0 Å². The first-order valence-electron chi connectivity index (χ1n) is 11.8. The zero-order chi connectivity index (χ0) is 25.4. The van der Waals surface area contributed by atoms with Gasteiger partial charge in [0.1, 0.15) is 24.2 Å². The summed E-state index contributed by atoms with van der Waals surface area (Å²) in [4.78, 5) is 30.6. The van der Waals surface area contributed by atoms with Gasteiger partial charge in [0.05, 0.1) is 6.54 Å². The van der Waals surface area contributed by atoms with Crippen molar-refractivity contribution in [1.29, 1.82) is 0 Å². The number of carbonyl (C=O) groups excluding carboxylic acids is 1. The summed E-state index contributed by atoms with van der Waals surface area (Å²) in [5.74, 6) is 0.493. The summed E-state index contributed by atoms with van der Waals surface area (Å²) in [5.41, 5.74) is -0.0516. The second-order valence-corrected chi connectivity index (χ2v) is 10.4. The van der Waals surface area contributed by atoms with Crippen LogP contribution < -0.4 is 14.4 Å². The zero-order valence-corrected chi connectivity index (χ0v) is 20.9. The molecule has 0 N–H and O–H groups in total. The highest BCUT2D eigenvalue weighted by molar-refractivity contribution is 5.68. The first-order valence-corrected chi connectivity index (χ1v) is 11.8. The number of imidazole rings is 1. The van der Waals surface area contributed by atoms with Crippen LogP contribution in [0.15, 0.2) is 30.5 Å². The molecule has 1 fully saturated rings. The van der Waals surface area contributed by atoms with Crippen LogP contribution in [0.2, 0.25) is 0 Å². The van der Waals surface area contributed by atoms with Gasteiger partial charge in [-0.05, 0) is 69.7 Å². The molecule has 2 aliphatic heterocycles. The Kier molecular flexibility index (Phi) is 6.52. The Hall–Kier alpha value is -3.50. The number of piperidine rings is 1. The number of anilines is 1. The normalized spacial score (nSPS) is 20.2. The summed E-state index contributed by atoms with van der Waals surface area (Å²) in [6, 6.07) is 8.30. The number of amides is 1. The third-order valence-electron chi connectivity index (χ3n) is 6.20. The van der Waals surface area contributed by atoms with Crippen molar-refractivity contribution < 1.29 is 23.9 Å². The minimum absolute atomic E-state index is 0.159. The Morgan fingerprint density at radius 1 is 1.29 bits per heavy atom. The van der Waals surface area contributed by atoms with E-state index in [1.54, 1.807) is 9.47 Å². The van der Waals surface area contributed by atoms with Crippen LogP contribution in [0.25, 0.3) is 0 Å². The number of nitrogens with zero attached hydrogens (tertiary/aromatic N) is 5. The number of benzene rings is 1. The van der Waals surface area contributed by atoms with E-state index in [1.807, 2.05) is 59.0 Å². The summed E-state index contributed by atoms with van der Waals surface area (Å²) in [7, 11) is 1.81. The van der Waals surface area contributed by atoms with E-state index in [4.69, 9.17) is 14.2 Å². The average Bonchev–Trinajstić information content (AvgIpc) is 3.32. The molecule has 3 heterocycles. The monoisotopic (exact) mass is 487 g/mol. The molecule has 0 aliphatic carbocycles. The number of ether oxygens (including phenoxy) is 3. The molecule has 1 atom stereocenters. The van der Waals surface area contributed by atoms with Crippen molar-refractivity contribution in [2.45, 2.75) is 64.3 Å². The number of hydrogen-bond donors (Lipinski definition) is 0. The van der Waals surface area contributed by atoms with Gasteiger partial charge in [-0.1, -0.05) is 0 Å². The van der Waals surface area contributed by atoms with Crippen molar-refractivity contribution in [2.75, 3.05) is 31.6 Å². The third kappa shape index (κ3) is 5.77. The quantitative estimate of drug-likeness (QED) is 0.446. The molecule has 35 heavy (non-hydrogen) atoms. The fourth-order valence-electron chi connectivity index (χ4n) is 4.34. The minimum atomic E-state index is -0.655. The lowest BCUT2D eigenvalue weighted by Crippen LogP contribution is -2.47. The van der Waals surface area contributed by atoms with Gasteiger partial charge in [0.15, 0.2) is 5.60 Å². The van der Waals surface area contributed by atoms with Gasteiger partial charge in [-0.3, -0.25) is 4.57 Å². The summed E-state index contributed by atoms with van der Waals surface area (Å²) in [6.07, 6.45) is 2.84. The van der Waals surface area contributed by atoms with Crippen molar-refractivity contribution in [3.8, 4) is 11.8 Å². The predicted molar refractivity (Wildman–Crippen MR) is 129 cm³/mol. The molecule has 1 amide bonds. The van der Waals surface area contributed by atoms with E-state index in [0.29, 0.717) is 12.3 Å². The molecular formula is C24H33N5O6. The van der Waals surface area contributed by atoms with Crippen LogP contribution in [0.4, 0.5) is 16.3 Å². The van der Waals surface area contributed by atoms with Crippen LogP contribution in [0.3, 0.4) is 0 Å². The Balaban J connectivity index is 1.25. The number of rotatable bonds is 6. The maximum atomic E-state index is 12.4. The van der Waals surface area contributed by atoms with Gasteiger partial charge in [-0.2, -0.15) is 0 Å². The molecule has 190 valence electrons. The smallest absolute Gasteiger partial charge is 0.415 e. The highest BCUT2D eigenvalue weighted by Crippen LogP contribution is 2.32. The van der Waals surface area contributed by atoms with Gasteiger partial charge in [0.2, 0.25) is 0 Å².